The fourth-order valence-corrected chi connectivity index (χ4v) is 2.12. The van der Waals surface area contributed by atoms with Gasteiger partial charge in [0.25, 0.3) is 0 Å². The summed E-state index contributed by atoms with van der Waals surface area (Å²) in [4.78, 5) is 2.16. The first-order chi connectivity index (χ1) is 8.17. The lowest BCUT2D eigenvalue weighted by atomic mass is 10.2. The highest BCUT2D eigenvalue weighted by Crippen LogP contribution is 2.23. The summed E-state index contributed by atoms with van der Waals surface area (Å²) in [6.07, 6.45) is 2.24. The number of rotatable bonds is 7. The van der Waals surface area contributed by atoms with Crippen LogP contribution in [-0.2, 0) is 6.54 Å². The van der Waals surface area contributed by atoms with E-state index in [2.05, 4.69) is 27.8 Å². The average Bonchev–Trinajstić information content (AvgIpc) is 2.31. The highest BCUT2D eigenvalue weighted by atomic mass is 79.9. The molecule has 0 fully saturated rings. The highest BCUT2D eigenvalue weighted by molar-refractivity contribution is 9.10. The number of hydrogen-bond acceptors (Lipinski definition) is 3. The SMILES string of the molecule is CCCCN(CCO)Cc1cc(Br)ccc1O. The van der Waals surface area contributed by atoms with Gasteiger partial charge in [0.2, 0.25) is 0 Å². The Hall–Kier alpha value is -0.580. The predicted molar refractivity (Wildman–Crippen MR) is 73.1 cm³/mol. The van der Waals surface area contributed by atoms with Crippen LogP contribution in [0.3, 0.4) is 0 Å². The Morgan fingerprint density at radius 2 is 2.06 bits per heavy atom. The lowest BCUT2D eigenvalue weighted by Gasteiger charge is -2.21. The summed E-state index contributed by atoms with van der Waals surface area (Å²) in [6.45, 7) is 4.56. The first-order valence-corrected chi connectivity index (χ1v) is 6.77. The Labute approximate surface area is 111 Å². The molecule has 4 heteroatoms. The molecular weight excluding hydrogens is 282 g/mol. The van der Waals surface area contributed by atoms with E-state index in [1.807, 2.05) is 12.1 Å². The number of benzene rings is 1. The first kappa shape index (κ1) is 14.5. The Bertz CT molecular complexity index is 344. The second-order valence-corrected chi connectivity index (χ2v) is 5.04. The third kappa shape index (κ3) is 5.06. The van der Waals surface area contributed by atoms with Gasteiger partial charge in [0, 0.05) is 23.1 Å². The van der Waals surface area contributed by atoms with Crippen molar-refractivity contribution in [2.24, 2.45) is 0 Å². The van der Waals surface area contributed by atoms with Gasteiger partial charge in [0.05, 0.1) is 6.61 Å². The van der Waals surface area contributed by atoms with Gasteiger partial charge in [-0.1, -0.05) is 29.3 Å². The topological polar surface area (TPSA) is 43.7 Å². The normalized spacial score (nSPS) is 11.1. The van der Waals surface area contributed by atoms with Gasteiger partial charge in [0.1, 0.15) is 5.75 Å². The lowest BCUT2D eigenvalue weighted by Crippen LogP contribution is -2.27. The summed E-state index contributed by atoms with van der Waals surface area (Å²) in [6, 6.07) is 5.43. The quantitative estimate of drug-likeness (QED) is 0.814. The number of hydrogen-bond donors (Lipinski definition) is 2. The van der Waals surface area contributed by atoms with Crippen molar-refractivity contribution >= 4 is 15.9 Å². The maximum atomic E-state index is 9.77. The Balaban J connectivity index is 2.67. The molecule has 0 aromatic heterocycles. The third-order valence-corrected chi connectivity index (χ3v) is 3.17. The average molecular weight is 302 g/mol. The molecule has 0 saturated heterocycles. The van der Waals surface area contributed by atoms with Gasteiger partial charge in [-0.15, -0.1) is 0 Å². The molecule has 0 heterocycles. The summed E-state index contributed by atoms with van der Waals surface area (Å²) in [5.41, 5.74) is 0.893. The van der Waals surface area contributed by atoms with Crippen molar-refractivity contribution in [1.29, 1.82) is 0 Å². The van der Waals surface area contributed by atoms with Crippen LogP contribution in [-0.4, -0.2) is 34.8 Å². The van der Waals surface area contributed by atoms with Crippen molar-refractivity contribution in [3.05, 3.63) is 28.2 Å². The van der Waals surface area contributed by atoms with Gasteiger partial charge < -0.3 is 10.2 Å². The predicted octanol–water partition coefficient (Wildman–Crippen LogP) is 2.75. The van der Waals surface area contributed by atoms with Crippen molar-refractivity contribution in [2.75, 3.05) is 19.7 Å². The minimum absolute atomic E-state index is 0.151. The Morgan fingerprint density at radius 1 is 1.29 bits per heavy atom. The number of nitrogens with zero attached hydrogens (tertiary/aromatic N) is 1. The minimum Gasteiger partial charge on any atom is -0.508 e. The number of unbranched alkanes of at least 4 members (excludes halogenated alkanes) is 1. The van der Waals surface area contributed by atoms with Crippen molar-refractivity contribution in [3.8, 4) is 5.75 Å². The van der Waals surface area contributed by atoms with Gasteiger partial charge in [-0.05, 0) is 31.2 Å². The molecule has 2 N–H and O–H groups in total. The Kier molecular flexibility index (Phi) is 6.55. The van der Waals surface area contributed by atoms with Crippen LogP contribution in [0.5, 0.6) is 5.75 Å². The molecule has 96 valence electrons. The summed E-state index contributed by atoms with van der Waals surface area (Å²) < 4.78 is 0.963. The molecule has 0 bridgehead atoms. The van der Waals surface area contributed by atoms with E-state index in [0.717, 1.165) is 29.4 Å². The molecule has 0 spiro atoms. The van der Waals surface area contributed by atoms with Crippen LogP contribution >= 0.6 is 15.9 Å². The van der Waals surface area contributed by atoms with Gasteiger partial charge in [-0.25, -0.2) is 0 Å². The molecule has 0 radical (unpaired) electrons. The Morgan fingerprint density at radius 3 is 2.71 bits per heavy atom. The number of aliphatic hydroxyl groups is 1. The number of phenols is 1. The maximum absolute atomic E-state index is 9.77. The molecule has 1 rings (SSSR count). The minimum atomic E-state index is 0.151. The molecule has 3 nitrogen and oxygen atoms in total. The van der Waals surface area contributed by atoms with Crippen LogP contribution in [0.15, 0.2) is 22.7 Å². The number of aromatic hydroxyl groups is 1. The van der Waals surface area contributed by atoms with Crippen molar-refractivity contribution < 1.29 is 10.2 Å². The molecule has 1 aromatic carbocycles. The van der Waals surface area contributed by atoms with E-state index in [1.54, 1.807) is 6.07 Å². The van der Waals surface area contributed by atoms with Crippen LogP contribution in [0.1, 0.15) is 25.3 Å². The van der Waals surface area contributed by atoms with E-state index >= 15 is 0 Å². The van der Waals surface area contributed by atoms with E-state index in [-0.39, 0.29) is 6.61 Å². The van der Waals surface area contributed by atoms with Gasteiger partial charge >= 0.3 is 0 Å². The van der Waals surface area contributed by atoms with Crippen LogP contribution in [0, 0.1) is 0 Å². The number of halogens is 1. The zero-order valence-electron chi connectivity index (χ0n) is 10.2. The molecule has 0 saturated carbocycles. The van der Waals surface area contributed by atoms with E-state index < -0.39 is 0 Å². The molecule has 0 aliphatic rings. The summed E-state index contributed by atoms with van der Waals surface area (Å²) in [7, 11) is 0. The molecule has 0 aliphatic heterocycles. The second-order valence-electron chi connectivity index (χ2n) is 4.13. The molecule has 0 amide bonds. The van der Waals surface area contributed by atoms with Crippen LogP contribution in [0.4, 0.5) is 0 Å². The van der Waals surface area contributed by atoms with Gasteiger partial charge in [-0.3, -0.25) is 4.90 Å². The second kappa shape index (κ2) is 7.69. The van der Waals surface area contributed by atoms with E-state index in [1.165, 1.54) is 0 Å². The third-order valence-electron chi connectivity index (χ3n) is 2.68. The fraction of sp³-hybridized carbons (Fsp3) is 0.538. The van der Waals surface area contributed by atoms with Crippen molar-refractivity contribution in [3.63, 3.8) is 0 Å². The summed E-state index contributed by atoms with van der Waals surface area (Å²) in [5.74, 6) is 0.313. The first-order valence-electron chi connectivity index (χ1n) is 5.98. The molecule has 17 heavy (non-hydrogen) atoms. The zero-order valence-corrected chi connectivity index (χ0v) is 11.8. The molecule has 1 aromatic rings. The fourth-order valence-electron chi connectivity index (χ4n) is 1.71. The van der Waals surface area contributed by atoms with Crippen LogP contribution in [0.2, 0.25) is 0 Å². The molecule has 0 unspecified atom stereocenters. The zero-order chi connectivity index (χ0) is 12.7. The van der Waals surface area contributed by atoms with Gasteiger partial charge in [-0.2, -0.15) is 0 Å². The molecule has 0 aliphatic carbocycles. The number of aliphatic hydroxyl groups excluding tert-OH is 1. The van der Waals surface area contributed by atoms with Crippen LogP contribution < -0.4 is 0 Å². The molecule has 0 atom stereocenters. The van der Waals surface area contributed by atoms with E-state index in [9.17, 15) is 5.11 Å². The van der Waals surface area contributed by atoms with E-state index in [0.29, 0.717) is 18.8 Å². The number of phenolic OH excluding ortho intramolecular Hbond substituents is 1. The van der Waals surface area contributed by atoms with Crippen molar-refractivity contribution in [2.45, 2.75) is 26.3 Å². The highest BCUT2D eigenvalue weighted by Gasteiger charge is 2.08. The molecular formula is C13H20BrNO2. The lowest BCUT2D eigenvalue weighted by molar-refractivity contribution is 0.187. The van der Waals surface area contributed by atoms with Gasteiger partial charge in [0.15, 0.2) is 0 Å². The van der Waals surface area contributed by atoms with Crippen molar-refractivity contribution in [1.82, 2.24) is 4.90 Å². The standard InChI is InChI=1S/C13H20BrNO2/c1-2-3-6-15(7-8-16)10-11-9-12(14)4-5-13(11)17/h4-5,9,16-17H,2-3,6-8,10H2,1H3. The summed E-state index contributed by atoms with van der Waals surface area (Å²) in [5, 5.41) is 18.8. The van der Waals surface area contributed by atoms with E-state index in [4.69, 9.17) is 5.11 Å². The maximum Gasteiger partial charge on any atom is 0.120 e. The summed E-state index contributed by atoms with van der Waals surface area (Å²) >= 11 is 3.40. The smallest absolute Gasteiger partial charge is 0.120 e. The largest absolute Gasteiger partial charge is 0.508 e. The van der Waals surface area contributed by atoms with Crippen LogP contribution in [0.25, 0.3) is 0 Å². The monoisotopic (exact) mass is 301 g/mol.